The number of halogens is 3. The minimum atomic E-state index is -4.62. The van der Waals surface area contributed by atoms with Crippen LogP contribution in [0.1, 0.15) is 17.4 Å². The van der Waals surface area contributed by atoms with Gasteiger partial charge in [-0.1, -0.05) is 30.3 Å². The van der Waals surface area contributed by atoms with Crippen LogP contribution in [0.4, 0.5) is 19.0 Å². The lowest BCUT2D eigenvalue weighted by Crippen LogP contribution is -2.41. The van der Waals surface area contributed by atoms with E-state index in [9.17, 15) is 13.2 Å². The van der Waals surface area contributed by atoms with Crippen LogP contribution in [0.15, 0.2) is 42.5 Å². The van der Waals surface area contributed by atoms with Crippen molar-refractivity contribution in [3.8, 4) is 0 Å². The topological polar surface area (TPSA) is 67.6 Å². The van der Waals surface area contributed by atoms with Crippen LogP contribution in [0, 0.1) is 0 Å². The number of hydrogen-bond acceptors (Lipinski definition) is 6. The Kier molecular flexibility index (Phi) is 5.14. The molecule has 1 aliphatic heterocycles. The third kappa shape index (κ3) is 3.92. The van der Waals surface area contributed by atoms with Gasteiger partial charge in [0.15, 0.2) is 5.65 Å². The van der Waals surface area contributed by atoms with E-state index >= 15 is 0 Å². The van der Waals surface area contributed by atoms with E-state index in [1.807, 2.05) is 30.3 Å². The molecule has 3 heterocycles. The summed E-state index contributed by atoms with van der Waals surface area (Å²) in [5, 5.41) is 13.9. The van der Waals surface area contributed by atoms with Gasteiger partial charge in [-0.05, 0) is 17.7 Å². The highest BCUT2D eigenvalue weighted by Gasteiger charge is 2.37. The number of benzene rings is 1. The summed E-state index contributed by atoms with van der Waals surface area (Å²) in [6, 6.07) is 13.1. The van der Waals surface area contributed by atoms with E-state index in [0.29, 0.717) is 30.1 Å². The number of nitrogens with zero attached hydrogens (tertiary/aromatic N) is 5. The zero-order chi connectivity index (χ0) is 19.6. The monoisotopic (exact) mass is 392 g/mol. The number of alkyl halides is 3. The third-order valence-electron chi connectivity index (χ3n) is 4.66. The summed E-state index contributed by atoms with van der Waals surface area (Å²) in [7, 11) is 0. The number of fused-ring (bicyclic) bond motifs is 1. The predicted octanol–water partition coefficient (Wildman–Crippen LogP) is 2.63. The van der Waals surface area contributed by atoms with E-state index in [1.54, 1.807) is 6.07 Å². The Morgan fingerprint density at radius 3 is 2.50 bits per heavy atom. The van der Waals surface area contributed by atoms with E-state index in [0.717, 1.165) is 18.7 Å². The molecule has 10 heteroatoms. The van der Waals surface area contributed by atoms with Crippen LogP contribution >= 0.6 is 0 Å². The van der Waals surface area contributed by atoms with E-state index in [1.165, 1.54) is 6.07 Å². The number of aromatic nitrogens is 4. The lowest BCUT2D eigenvalue weighted by Gasteiger charge is -2.35. The van der Waals surface area contributed by atoms with E-state index in [4.69, 9.17) is 4.74 Å². The van der Waals surface area contributed by atoms with E-state index < -0.39 is 12.0 Å². The Hall–Kier alpha value is -2.72. The van der Waals surface area contributed by atoms with E-state index in [-0.39, 0.29) is 11.7 Å². The van der Waals surface area contributed by atoms with Crippen molar-refractivity contribution in [3.63, 3.8) is 0 Å². The molecule has 1 aliphatic rings. The predicted molar refractivity (Wildman–Crippen MR) is 95.8 cm³/mol. The van der Waals surface area contributed by atoms with Crippen molar-refractivity contribution in [1.29, 1.82) is 0 Å². The number of morpholine rings is 1. The average molecular weight is 392 g/mol. The second kappa shape index (κ2) is 7.72. The van der Waals surface area contributed by atoms with Gasteiger partial charge in [-0.2, -0.15) is 17.7 Å². The molecule has 3 aromatic rings. The SMILES string of the molecule is FC(F)(F)c1nnc2ccc(NCC(c3ccccc3)N3CCOCC3)nn12. The Labute approximate surface area is 159 Å². The van der Waals surface area contributed by atoms with Crippen LogP contribution in [0.25, 0.3) is 5.65 Å². The molecule has 1 N–H and O–H groups in total. The first-order valence-corrected chi connectivity index (χ1v) is 8.92. The Balaban J connectivity index is 1.56. The molecule has 1 unspecified atom stereocenters. The fourth-order valence-corrected chi connectivity index (χ4v) is 3.28. The molecule has 1 aromatic carbocycles. The third-order valence-corrected chi connectivity index (χ3v) is 4.66. The molecule has 1 atom stereocenters. The first-order chi connectivity index (χ1) is 13.5. The molecule has 7 nitrogen and oxygen atoms in total. The highest BCUT2D eigenvalue weighted by atomic mass is 19.4. The van der Waals surface area contributed by atoms with Gasteiger partial charge < -0.3 is 10.1 Å². The van der Waals surface area contributed by atoms with Crippen molar-refractivity contribution in [3.05, 3.63) is 53.9 Å². The van der Waals surface area contributed by atoms with Crippen molar-refractivity contribution in [1.82, 2.24) is 24.7 Å². The van der Waals surface area contributed by atoms with Gasteiger partial charge in [-0.15, -0.1) is 15.3 Å². The molecule has 148 valence electrons. The van der Waals surface area contributed by atoms with E-state index in [2.05, 4.69) is 25.5 Å². The van der Waals surface area contributed by atoms with Crippen molar-refractivity contribution < 1.29 is 17.9 Å². The summed E-state index contributed by atoms with van der Waals surface area (Å²) in [5.74, 6) is -0.814. The summed E-state index contributed by atoms with van der Waals surface area (Å²) in [5.41, 5.74) is 1.17. The maximum atomic E-state index is 13.1. The largest absolute Gasteiger partial charge is 0.453 e. The molecule has 0 aliphatic carbocycles. The van der Waals surface area contributed by atoms with Gasteiger partial charge in [0.25, 0.3) is 5.82 Å². The maximum Gasteiger partial charge on any atom is 0.453 e. The fourth-order valence-electron chi connectivity index (χ4n) is 3.28. The molecule has 0 amide bonds. The number of rotatable bonds is 5. The summed E-state index contributed by atoms with van der Waals surface area (Å²) in [4.78, 5) is 2.30. The minimum Gasteiger partial charge on any atom is -0.379 e. The molecular formula is C18H19F3N6O. The minimum absolute atomic E-state index is 0.0468. The first-order valence-electron chi connectivity index (χ1n) is 8.92. The lowest BCUT2D eigenvalue weighted by atomic mass is 10.0. The average Bonchev–Trinajstić information content (AvgIpc) is 3.14. The van der Waals surface area contributed by atoms with Gasteiger partial charge in [0.1, 0.15) is 5.82 Å². The Morgan fingerprint density at radius 1 is 1.04 bits per heavy atom. The highest BCUT2D eigenvalue weighted by Crippen LogP contribution is 2.28. The zero-order valence-corrected chi connectivity index (χ0v) is 14.9. The quantitative estimate of drug-likeness (QED) is 0.720. The van der Waals surface area contributed by atoms with Crippen LogP contribution < -0.4 is 5.32 Å². The molecule has 0 bridgehead atoms. The zero-order valence-electron chi connectivity index (χ0n) is 14.9. The van der Waals surface area contributed by atoms with Crippen LogP contribution in [-0.2, 0) is 10.9 Å². The summed E-state index contributed by atoms with van der Waals surface area (Å²) in [6.07, 6.45) is -4.62. The van der Waals surface area contributed by atoms with Gasteiger partial charge in [0.2, 0.25) is 0 Å². The first kappa shape index (κ1) is 18.6. The lowest BCUT2D eigenvalue weighted by molar-refractivity contribution is -0.146. The molecule has 1 fully saturated rings. The van der Waals surface area contributed by atoms with Crippen LogP contribution in [0.3, 0.4) is 0 Å². The van der Waals surface area contributed by atoms with Crippen molar-refractivity contribution in [2.75, 3.05) is 38.2 Å². The number of anilines is 1. The fraction of sp³-hybridized carbons (Fsp3) is 0.389. The summed E-state index contributed by atoms with van der Waals surface area (Å²) in [6.45, 7) is 3.38. The molecule has 4 rings (SSSR count). The number of hydrogen-bond donors (Lipinski definition) is 1. The molecule has 28 heavy (non-hydrogen) atoms. The van der Waals surface area contributed by atoms with Gasteiger partial charge in [0.05, 0.1) is 19.3 Å². The second-order valence-corrected chi connectivity index (χ2v) is 6.47. The van der Waals surface area contributed by atoms with Crippen LogP contribution in [0.2, 0.25) is 0 Å². The van der Waals surface area contributed by atoms with Crippen molar-refractivity contribution in [2.45, 2.75) is 12.2 Å². The van der Waals surface area contributed by atoms with Crippen molar-refractivity contribution >= 4 is 11.5 Å². The van der Waals surface area contributed by atoms with Crippen molar-refractivity contribution in [2.24, 2.45) is 0 Å². The molecule has 0 radical (unpaired) electrons. The van der Waals surface area contributed by atoms with Gasteiger partial charge >= 0.3 is 6.18 Å². The molecule has 0 saturated carbocycles. The van der Waals surface area contributed by atoms with Crippen LogP contribution in [-0.4, -0.2) is 57.6 Å². The molecular weight excluding hydrogens is 373 g/mol. The summed E-state index contributed by atoms with van der Waals surface area (Å²) >= 11 is 0. The van der Waals surface area contributed by atoms with Crippen LogP contribution in [0.5, 0.6) is 0 Å². The normalized spacial score (nSPS) is 17.0. The molecule has 2 aromatic heterocycles. The highest BCUT2D eigenvalue weighted by molar-refractivity contribution is 5.44. The van der Waals surface area contributed by atoms with Gasteiger partial charge in [-0.25, -0.2) is 0 Å². The summed E-state index contributed by atoms with van der Waals surface area (Å²) < 4.78 is 45.3. The van der Waals surface area contributed by atoms with Gasteiger partial charge in [0, 0.05) is 19.6 Å². The number of ether oxygens (including phenoxy) is 1. The molecule has 1 saturated heterocycles. The Morgan fingerprint density at radius 2 is 1.79 bits per heavy atom. The molecule has 0 spiro atoms. The second-order valence-electron chi connectivity index (χ2n) is 6.47. The van der Waals surface area contributed by atoms with Gasteiger partial charge in [-0.3, -0.25) is 4.90 Å². The number of nitrogens with one attached hydrogen (secondary N) is 1. The maximum absolute atomic E-state index is 13.1. The Bertz CT molecular complexity index is 924. The smallest absolute Gasteiger partial charge is 0.379 e. The standard InChI is InChI=1S/C18H19F3N6O/c19-18(20,21)17-24-23-16-7-6-15(25-27(16)17)22-12-14(13-4-2-1-3-5-13)26-8-10-28-11-9-26/h1-7,14H,8-12H2,(H,22,25).